The molecule has 170 valence electrons. The third-order valence-electron chi connectivity index (χ3n) is 5.75. The van der Waals surface area contributed by atoms with Crippen LogP contribution in [0.15, 0.2) is 53.7 Å². The Morgan fingerprint density at radius 3 is 2.62 bits per heavy atom. The van der Waals surface area contributed by atoms with Gasteiger partial charge in [0, 0.05) is 44.5 Å². The van der Waals surface area contributed by atoms with Crippen molar-refractivity contribution in [3.63, 3.8) is 0 Å². The van der Waals surface area contributed by atoms with Gasteiger partial charge in [-0.3, -0.25) is 10.1 Å². The topological polar surface area (TPSA) is 110 Å². The van der Waals surface area contributed by atoms with Gasteiger partial charge in [0.05, 0.1) is 15.5 Å². The summed E-state index contributed by atoms with van der Waals surface area (Å²) in [5.74, 6) is 0.508. The van der Waals surface area contributed by atoms with E-state index in [0.29, 0.717) is 26.1 Å². The molecule has 4 rings (SSSR count). The Morgan fingerprint density at radius 1 is 1.19 bits per heavy atom. The summed E-state index contributed by atoms with van der Waals surface area (Å²) < 4.78 is 29.6. The number of hydrogen-bond acceptors (Lipinski definition) is 6. The molecule has 2 aromatic heterocycles. The highest BCUT2D eigenvalue weighted by molar-refractivity contribution is 7.89. The van der Waals surface area contributed by atoms with Crippen LogP contribution in [-0.4, -0.2) is 46.7 Å². The van der Waals surface area contributed by atoms with Gasteiger partial charge in [0.25, 0.3) is 5.69 Å². The van der Waals surface area contributed by atoms with Gasteiger partial charge in [0.15, 0.2) is 0 Å². The monoisotopic (exact) mass is 457 g/mol. The van der Waals surface area contributed by atoms with Crippen molar-refractivity contribution in [2.75, 3.05) is 25.0 Å². The molecule has 10 heteroatoms. The molecule has 0 unspecified atom stereocenters. The minimum absolute atomic E-state index is 0.0450. The number of benzene rings is 1. The van der Waals surface area contributed by atoms with Crippen LogP contribution in [0.4, 0.5) is 11.4 Å². The number of nitrogens with one attached hydrogen (secondary N) is 1. The fourth-order valence-electron chi connectivity index (χ4n) is 4.36. The van der Waals surface area contributed by atoms with Crippen LogP contribution in [0.1, 0.15) is 26.0 Å². The highest BCUT2D eigenvalue weighted by Gasteiger charge is 2.33. The third kappa shape index (κ3) is 4.61. The maximum atomic E-state index is 13.1. The minimum atomic E-state index is -3.79. The normalized spacial score (nSPS) is 19.8. The van der Waals surface area contributed by atoms with Crippen molar-refractivity contribution >= 4 is 27.0 Å². The molecule has 1 saturated heterocycles. The number of nitro groups is 1. The van der Waals surface area contributed by atoms with Crippen LogP contribution in [0.25, 0.3) is 5.65 Å². The number of fused-ring (bicyclic) bond motifs is 1. The van der Waals surface area contributed by atoms with Gasteiger partial charge in [0.1, 0.15) is 11.3 Å². The predicted octanol–water partition coefficient (Wildman–Crippen LogP) is 3.56. The van der Waals surface area contributed by atoms with Crippen molar-refractivity contribution in [3.8, 4) is 0 Å². The highest BCUT2D eigenvalue weighted by Crippen LogP contribution is 2.31. The lowest BCUT2D eigenvalue weighted by Crippen LogP contribution is -2.42. The van der Waals surface area contributed by atoms with Crippen LogP contribution in [0.3, 0.4) is 0 Å². The summed E-state index contributed by atoms with van der Waals surface area (Å²) in [6, 6.07) is 9.82. The number of rotatable bonds is 7. The summed E-state index contributed by atoms with van der Waals surface area (Å²) in [6.07, 6.45) is 5.37. The average molecular weight is 458 g/mol. The molecule has 1 aromatic carbocycles. The minimum Gasteiger partial charge on any atom is -0.379 e. The Bertz CT molecular complexity index is 1200. The predicted molar refractivity (Wildman–Crippen MR) is 122 cm³/mol. The molecular formula is C22H27N5O4S. The second kappa shape index (κ2) is 8.87. The fraction of sp³-hybridized carbons (Fsp3) is 0.409. The molecule has 1 aliphatic heterocycles. The Labute approximate surface area is 187 Å². The average Bonchev–Trinajstić information content (AvgIpc) is 3.16. The Kier molecular flexibility index (Phi) is 6.16. The van der Waals surface area contributed by atoms with Crippen LogP contribution in [0, 0.1) is 22.0 Å². The number of pyridine rings is 1. The number of imidazole rings is 1. The molecule has 1 aliphatic rings. The molecule has 0 spiro atoms. The van der Waals surface area contributed by atoms with Crippen molar-refractivity contribution in [1.82, 2.24) is 13.7 Å². The Morgan fingerprint density at radius 2 is 1.94 bits per heavy atom. The van der Waals surface area contributed by atoms with E-state index in [1.165, 1.54) is 16.4 Å². The zero-order valence-electron chi connectivity index (χ0n) is 18.1. The molecule has 0 saturated carbocycles. The fourth-order valence-corrected chi connectivity index (χ4v) is 6.06. The van der Waals surface area contributed by atoms with Crippen LogP contribution in [0.2, 0.25) is 0 Å². The summed E-state index contributed by atoms with van der Waals surface area (Å²) in [6.45, 7) is 5.34. The van der Waals surface area contributed by atoms with Gasteiger partial charge in [-0.05, 0) is 42.5 Å². The Hall–Kier alpha value is -2.98. The molecule has 32 heavy (non-hydrogen) atoms. The van der Waals surface area contributed by atoms with Crippen LogP contribution >= 0.6 is 0 Å². The number of piperidine rings is 1. The van der Waals surface area contributed by atoms with E-state index in [0.717, 1.165) is 23.8 Å². The van der Waals surface area contributed by atoms with Gasteiger partial charge in [-0.2, -0.15) is 4.31 Å². The lowest BCUT2D eigenvalue weighted by atomic mass is 9.94. The molecule has 3 aromatic rings. The van der Waals surface area contributed by atoms with E-state index >= 15 is 0 Å². The van der Waals surface area contributed by atoms with E-state index in [2.05, 4.69) is 10.3 Å². The van der Waals surface area contributed by atoms with E-state index in [1.807, 2.05) is 48.8 Å². The summed E-state index contributed by atoms with van der Waals surface area (Å²) in [5, 5.41) is 14.7. The van der Waals surface area contributed by atoms with Crippen molar-refractivity contribution < 1.29 is 13.3 Å². The van der Waals surface area contributed by atoms with Crippen LogP contribution < -0.4 is 5.32 Å². The Balaban J connectivity index is 1.50. The van der Waals surface area contributed by atoms with Crippen molar-refractivity contribution in [2.45, 2.75) is 31.6 Å². The number of sulfonamides is 1. The third-order valence-corrected chi connectivity index (χ3v) is 7.58. The molecule has 1 N–H and O–H groups in total. The van der Waals surface area contributed by atoms with Gasteiger partial charge in [-0.15, -0.1) is 0 Å². The van der Waals surface area contributed by atoms with E-state index in [-0.39, 0.29) is 28.1 Å². The number of anilines is 1. The molecule has 0 amide bonds. The zero-order chi connectivity index (χ0) is 22.9. The first kappa shape index (κ1) is 22.2. The molecule has 1 fully saturated rings. The van der Waals surface area contributed by atoms with E-state index in [1.54, 1.807) is 0 Å². The number of hydrogen-bond donors (Lipinski definition) is 1. The standard InChI is InChI=1S/C22H27N5O4S/c1-16-11-17(2)14-26(13-16)32(30,31)19-6-7-20(21(12-19)27(28)29)23-9-8-18-15-25-10-4-3-5-22(25)24-18/h3-7,10,12,15-17,23H,8-9,11,13-14H2,1-2H3/t16-,17+. The maximum absolute atomic E-state index is 13.1. The maximum Gasteiger partial charge on any atom is 0.293 e. The number of aromatic nitrogens is 2. The van der Waals surface area contributed by atoms with E-state index < -0.39 is 14.9 Å². The van der Waals surface area contributed by atoms with Gasteiger partial charge in [-0.25, -0.2) is 13.4 Å². The van der Waals surface area contributed by atoms with Crippen molar-refractivity contribution in [3.05, 3.63) is 64.6 Å². The summed E-state index contributed by atoms with van der Waals surface area (Å²) in [4.78, 5) is 15.6. The lowest BCUT2D eigenvalue weighted by Gasteiger charge is -2.34. The number of nitrogens with zero attached hydrogens (tertiary/aromatic N) is 4. The van der Waals surface area contributed by atoms with Crippen molar-refractivity contribution in [1.29, 1.82) is 0 Å². The van der Waals surface area contributed by atoms with Crippen LogP contribution in [0.5, 0.6) is 0 Å². The van der Waals surface area contributed by atoms with Gasteiger partial charge >= 0.3 is 0 Å². The molecule has 3 heterocycles. The molecule has 0 radical (unpaired) electrons. The first-order chi connectivity index (χ1) is 15.2. The molecule has 0 bridgehead atoms. The number of nitro benzene ring substituents is 1. The first-order valence-corrected chi connectivity index (χ1v) is 12.1. The molecule has 9 nitrogen and oxygen atoms in total. The van der Waals surface area contributed by atoms with Crippen molar-refractivity contribution in [2.24, 2.45) is 11.8 Å². The van der Waals surface area contributed by atoms with E-state index in [4.69, 9.17) is 0 Å². The summed E-state index contributed by atoms with van der Waals surface area (Å²) >= 11 is 0. The molecule has 2 atom stereocenters. The quantitative estimate of drug-likeness (QED) is 0.429. The summed E-state index contributed by atoms with van der Waals surface area (Å²) in [5.41, 5.74) is 1.74. The van der Waals surface area contributed by atoms with Gasteiger partial charge in [-0.1, -0.05) is 19.9 Å². The second-order valence-electron chi connectivity index (χ2n) is 8.58. The molecule has 0 aliphatic carbocycles. The lowest BCUT2D eigenvalue weighted by molar-refractivity contribution is -0.384. The van der Waals surface area contributed by atoms with E-state index in [9.17, 15) is 18.5 Å². The SMILES string of the molecule is C[C@@H]1C[C@H](C)CN(S(=O)(=O)c2ccc(NCCc3cn4ccccc4n3)c([N+](=O)[O-])c2)C1. The molecular weight excluding hydrogens is 430 g/mol. The smallest absolute Gasteiger partial charge is 0.293 e. The van der Waals surface area contributed by atoms with Gasteiger partial charge < -0.3 is 9.72 Å². The summed E-state index contributed by atoms with van der Waals surface area (Å²) in [7, 11) is -3.79. The second-order valence-corrected chi connectivity index (χ2v) is 10.5. The first-order valence-electron chi connectivity index (χ1n) is 10.7. The largest absolute Gasteiger partial charge is 0.379 e. The highest BCUT2D eigenvalue weighted by atomic mass is 32.2. The van der Waals surface area contributed by atoms with Gasteiger partial charge in [0.2, 0.25) is 10.0 Å². The van der Waals surface area contributed by atoms with Crippen LogP contribution in [-0.2, 0) is 16.4 Å². The zero-order valence-corrected chi connectivity index (χ0v) is 19.0.